The molecule has 3 heteroatoms. The number of benzene rings is 1. The lowest BCUT2D eigenvalue weighted by Gasteiger charge is -2.00. The maximum atomic E-state index is 4.22. The number of rotatable bonds is 2. The number of pyridine rings is 1. The molecule has 0 aliphatic rings. The second-order valence-corrected chi connectivity index (χ2v) is 2.92. The summed E-state index contributed by atoms with van der Waals surface area (Å²) in [5.74, 6) is 0.766. The molecule has 70 valence electrons. The highest BCUT2D eigenvalue weighted by Crippen LogP contribution is 2.15. The van der Waals surface area contributed by atoms with E-state index in [4.69, 9.17) is 0 Å². The van der Waals surface area contributed by atoms with Crippen LogP contribution in [0.25, 0.3) is 10.8 Å². The average Bonchev–Trinajstić information content (AvgIpc) is 2.26. The van der Waals surface area contributed by atoms with E-state index in [-0.39, 0.29) is 0 Å². The van der Waals surface area contributed by atoms with E-state index in [2.05, 4.69) is 21.6 Å². The molecular formula is C11H11N3. The van der Waals surface area contributed by atoms with Gasteiger partial charge in [0.2, 0.25) is 0 Å². The predicted octanol–water partition coefficient (Wildman–Crippen LogP) is 2.65. The highest BCUT2D eigenvalue weighted by Gasteiger charge is 1.94. The topological polar surface area (TPSA) is 37.3 Å². The van der Waals surface area contributed by atoms with Gasteiger partial charge < -0.3 is 0 Å². The number of anilines is 1. The van der Waals surface area contributed by atoms with Crippen molar-refractivity contribution in [1.29, 1.82) is 0 Å². The van der Waals surface area contributed by atoms with E-state index in [1.54, 1.807) is 6.21 Å². The smallest absolute Gasteiger partial charge is 0.146 e. The van der Waals surface area contributed by atoms with Crippen molar-refractivity contribution in [2.45, 2.75) is 6.92 Å². The molecule has 0 fully saturated rings. The average molecular weight is 185 g/mol. The van der Waals surface area contributed by atoms with Gasteiger partial charge in [0.05, 0.1) is 0 Å². The van der Waals surface area contributed by atoms with E-state index >= 15 is 0 Å². The molecule has 0 amide bonds. The van der Waals surface area contributed by atoms with Crippen molar-refractivity contribution in [1.82, 2.24) is 4.98 Å². The summed E-state index contributed by atoms with van der Waals surface area (Å²) in [5.41, 5.74) is 2.84. The summed E-state index contributed by atoms with van der Waals surface area (Å²) in [6, 6.07) is 10.1. The third-order valence-electron chi connectivity index (χ3n) is 1.94. The molecule has 14 heavy (non-hydrogen) atoms. The molecule has 0 saturated carbocycles. The van der Waals surface area contributed by atoms with Crippen molar-refractivity contribution in [3.05, 3.63) is 36.5 Å². The number of hydrazone groups is 1. The molecule has 1 N–H and O–H groups in total. The Morgan fingerprint density at radius 2 is 2.07 bits per heavy atom. The monoisotopic (exact) mass is 185 g/mol. The SMILES string of the molecule is C/C=N/Nc1cc2ccccc2cn1. The lowest BCUT2D eigenvalue weighted by Crippen LogP contribution is -1.91. The summed E-state index contributed by atoms with van der Waals surface area (Å²) in [5, 5.41) is 6.21. The molecule has 1 aromatic heterocycles. The van der Waals surface area contributed by atoms with Gasteiger partial charge in [0, 0.05) is 17.8 Å². The largest absolute Gasteiger partial charge is 0.262 e. The number of hydrogen-bond donors (Lipinski definition) is 1. The molecule has 0 aliphatic heterocycles. The normalized spacial score (nSPS) is 10.9. The van der Waals surface area contributed by atoms with Gasteiger partial charge in [0.1, 0.15) is 5.82 Å². The van der Waals surface area contributed by atoms with Crippen LogP contribution in [0.4, 0.5) is 5.82 Å². The second kappa shape index (κ2) is 3.87. The predicted molar refractivity (Wildman–Crippen MR) is 59.5 cm³/mol. The highest BCUT2D eigenvalue weighted by atomic mass is 15.3. The summed E-state index contributed by atoms with van der Waals surface area (Å²) < 4.78 is 0. The van der Waals surface area contributed by atoms with Crippen molar-refractivity contribution in [3.8, 4) is 0 Å². The van der Waals surface area contributed by atoms with E-state index in [1.807, 2.05) is 37.4 Å². The first-order valence-corrected chi connectivity index (χ1v) is 4.48. The maximum absolute atomic E-state index is 4.22. The first kappa shape index (κ1) is 8.69. The van der Waals surface area contributed by atoms with Crippen LogP contribution in [0.15, 0.2) is 41.6 Å². The Bertz CT molecular complexity index is 463. The van der Waals surface area contributed by atoms with Crippen molar-refractivity contribution in [2.75, 3.05) is 5.43 Å². The van der Waals surface area contributed by atoms with Crippen LogP contribution in [0.5, 0.6) is 0 Å². The van der Waals surface area contributed by atoms with Gasteiger partial charge >= 0.3 is 0 Å². The van der Waals surface area contributed by atoms with Gasteiger partial charge in [-0.2, -0.15) is 5.10 Å². The fraction of sp³-hybridized carbons (Fsp3) is 0.0909. The van der Waals surface area contributed by atoms with Gasteiger partial charge in [0.15, 0.2) is 0 Å². The van der Waals surface area contributed by atoms with Gasteiger partial charge in [0.25, 0.3) is 0 Å². The van der Waals surface area contributed by atoms with E-state index in [0.717, 1.165) is 16.6 Å². The minimum absolute atomic E-state index is 0.766. The Morgan fingerprint density at radius 3 is 2.86 bits per heavy atom. The number of hydrogen-bond acceptors (Lipinski definition) is 3. The Labute approximate surface area is 82.5 Å². The summed E-state index contributed by atoms with van der Waals surface area (Å²) in [7, 11) is 0. The zero-order valence-electron chi connectivity index (χ0n) is 7.94. The highest BCUT2D eigenvalue weighted by molar-refractivity contribution is 5.83. The minimum atomic E-state index is 0.766. The maximum Gasteiger partial charge on any atom is 0.146 e. The zero-order chi connectivity index (χ0) is 9.80. The van der Waals surface area contributed by atoms with E-state index in [1.165, 1.54) is 0 Å². The Kier molecular flexibility index (Phi) is 2.40. The molecule has 0 atom stereocenters. The quantitative estimate of drug-likeness (QED) is 0.577. The molecule has 0 bridgehead atoms. The third kappa shape index (κ3) is 1.71. The lowest BCUT2D eigenvalue weighted by molar-refractivity contribution is 1.24. The van der Waals surface area contributed by atoms with E-state index in [9.17, 15) is 0 Å². The number of aromatic nitrogens is 1. The number of fused-ring (bicyclic) bond motifs is 1. The van der Waals surface area contributed by atoms with Crippen LogP contribution in [0.2, 0.25) is 0 Å². The standard InChI is InChI=1S/C11H11N3/c1-2-13-14-11-7-9-5-3-4-6-10(9)8-12-11/h2-8H,1H3,(H,12,14)/b13-2+. The Balaban J connectivity index is 2.41. The first-order chi connectivity index (χ1) is 6.90. The van der Waals surface area contributed by atoms with Crippen LogP contribution < -0.4 is 5.43 Å². The molecule has 0 radical (unpaired) electrons. The zero-order valence-corrected chi connectivity index (χ0v) is 7.94. The molecule has 2 rings (SSSR count). The van der Waals surface area contributed by atoms with Crippen molar-refractivity contribution >= 4 is 22.8 Å². The van der Waals surface area contributed by atoms with Crippen LogP contribution in [0, 0.1) is 0 Å². The summed E-state index contributed by atoms with van der Waals surface area (Å²) in [4.78, 5) is 4.22. The minimum Gasteiger partial charge on any atom is -0.262 e. The summed E-state index contributed by atoms with van der Waals surface area (Å²) in [6.45, 7) is 1.86. The molecule has 0 aliphatic carbocycles. The van der Waals surface area contributed by atoms with Crippen molar-refractivity contribution < 1.29 is 0 Å². The second-order valence-electron chi connectivity index (χ2n) is 2.92. The van der Waals surface area contributed by atoms with Crippen LogP contribution in [0.1, 0.15) is 6.92 Å². The van der Waals surface area contributed by atoms with Crippen molar-refractivity contribution in [2.24, 2.45) is 5.10 Å². The first-order valence-electron chi connectivity index (χ1n) is 4.48. The molecular weight excluding hydrogens is 174 g/mol. The lowest BCUT2D eigenvalue weighted by atomic mass is 10.2. The number of nitrogens with one attached hydrogen (secondary N) is 1. The molecule has 0 spiro atoms. The molecule has 1 aromatic carbocycles. The van der Waals surface area contributed by atoms with Crippen molar-refractivity contribution in [3.63, 3.8) is 0 Å². The molecule has 3 nitrogen and oxygen atoms in total. The van der Waals surface area contributed by atoms with Crippen LogP contribution in [-0.2, 0) is 0 Å². The Hall–Kier alpha value is -1.90. The van der Waals surface area contributed by atoms with Crippen LogP contribution in [-0.4, -0.2) is 11.2 Å². The summed E-state index contributed by atoms with van der Waals surface area (Å²) in [6.07, 6.45) is 3.53. The summed E-state index contributed by atoms with van der Waals surface area (Å²) >= 11 is 0. The number of nitrogens with zero attached hydrogens (tertiary/aromatic N) is 2. The van der Waals surface area contributed by atoms with Gasteiger partial charge in [-0.3, -0.25) is 5.43 Å². The Morgan fingerprint density at radius 1 is 1.29 bits per heavy atom. The molecule has 0 unspecified atom stereocenters. The van der Waals surface area contributed by atoms with Gasteiger partial charge in [-0.15, -0.1) is 0 Å². The molecule has 1 heterocycles. The van der Waals surface area contributed by atoms with Gasteiger partial charge in [-0.05, 0) is 18.4 Å². The molecule has 2 aromatic rings. The van der Waals surface area contributed by atoms with E-state index < -0.39 is 0 Å². The van der Waals surface area contributed by atoms with Crippen LogP contribution in [0.3, 0.4) is 0 Å². The fourth-order valence-electron chi connectivity index (χ4n) is 1.28. The third-order valence-corrected chi connectivity index (χ3v) is 1.94. The molecule has 0 saturated heterocycles. The van der Waals surface area contributed by atoms with E-state index in [0.29, 0.717) is 0 Å². The van der Waals surface area contributed by atoms with Crippen LogP contribution >= 0.6 is 0 Å². The van der Waals surface area contributed by atoms with Gasteiger partial charge in [-0.1, -0.05) is 24.3 Å². The van der Waals surface area contributed by atoms with Gasteiger partial charge in [-0.25, -0.2) is 4.98 Å². The fourth-order valence-corrected chi connectivity index (χ4v) is 1.28.